The lowest BCUT2D eigenvalue weighted by Gasteiger charge is -2.21. The maximum absolute atomic E-state index is 13.0. The van der Waals surface area contributed by atoms with Crippen molar-refractivity contribution in [2.75, 3.05) is 39.6 Å². The number of aliphatic hydroxyl groups is 1. The fourth-order valence-electron chi connectivity index (χ4n) is 10.1. The fourth-order valence-corrected chi connectivity index (χ4v) is 11.7. The minimum absolute atomic E-state index is 0.103. The predicted molar refractivity (Wildman–Crippen MR) is 349 cm³/mol. The third-order valence-electron chi connectivity index (χ3n) is 15.6. The number of ether oxygens (including phenoxy) is 4. The van der Waals surface area contributed by atoms with E-state index in [1.54, 1.807) is 0 Å². The molecule has 0 aromatic rings. The first kappa shape index (κ1) is 85.1. The first-order chi connectivity index (χ1) is 41.6. The molecule has 0 saturated heterocycles. The molecular formula is C68H132O17P2. The van der Waals surface area contributed by atoms with E-state index in [4.69, 9.17) is 37.0 Å². The molecule has 0 aliphatic rings. The van der Waals surface area contributed by atoms with Crippen LogP contribution in [-0.2, 0) is 65.4 Å². The van der Waals surface area contributed by atoms with Gasteiger partial charge in [0.2, 0.25) is 0 Å². The number of carbonyl (C=O) groups is 4. The summed E-state index contributed by atoms with van der Waals surface area (Å²) >= 11 is 0. The molecule has 0 aromatic heterocycles. The van der Waals surface area contributed by atoms with E-state index >= 15 is 0 Å². The van der Waals surface area contributed by atoms with Crippen molar-refractivity contribution in [1.29, 1.82) is 0 Å². The van der Waals surface area contributed by atoms with Crippen LogP contribution in [0.25, 0.3) is 0 Å². The van der Waals surface area contributed by atoms with Crippen molar-refractivity contribution in [3.05, 3.63) is 0 Å². The third-order valence-corrected chi connectivity index (χ3v) is 17.5. The minimum Gasteiger partial charge on any atom is -0.462 e. The monoisotopic (exact) mass is 1280 g/mol. The van der Waals surface area contributed by atoms with Gasteiger partial charge in [-0.25, -0.2) is 9.13 Å². The van der Waals surface area contributed by atoms with Crippen molar-refractivity contribution in [3.8, 4) is 0 Å². The largest absolute Gasteiger partial charge is 0.472 e. The Morgan fingerprint density at radius 1 is 0.287 bits per heavy atom. The van der Waals surface area contributed by atoms with E-state index in [-0.39, 0.29) is 25.7 Å². The fraction of sp³-hybridized carbons (Fsp3) is 0.941. The topological polar surface area (TPSA) is 237 Å². The zero-order valence-corrected chi connectivity index (χ0v) is 58.4. The Kier molecular flexibility index (Phi) is 56.6. The summed E-state index contributed by atoms with van der Waals surface area (Å²) in [4.78, 5) is 72.4. The summed E-state index contributed by atoms with van der Waals surface area (Å²) < 4.78 is 68.1. The van der Waals surface area contributed by atoms with Crippen LogP contribution in [-0.4, -0.2) is 96.7 Å². The van der Waals surface area contributed by atoms with Gasteiger partial charge in [0, 0.05) is 25.7 Å². The summed E-state index contributed by atoms with van der Waals surface area (Å²) in [5.41, 5.74) is 0. The van der Waals surface area contributed by atoms with E-state index in [1.807, 2.05) is 0 Å². The summed E-state index contributed by atoms with van der Waals surface area (Å²) in [6.07, 6.45) is 39.2. The Balaban J connectivity index is 5.23. The normalized spacial score (nSPS) is 14.3. The third kappa shape index (κ3) is 62.6. The molecular weight excluding hydrogens is 1150 g/mol. The highest BCUT2D eigenvalue weighted by Crippen LogP contribution is 2.45. The number of rotatable bonds is 65. The summed E-state index contributed by atoms with van der Waals surface area (Å²) in [5, 5.41) is 10.6. The molecule has 0 radical (unpaired) electrons. The number of hydrogen-bond acceptors (Lipinski definition) is 15. The van der Waals surface area contributed by atoms with Crippen LogP contribution >= 0.6 is 15.6 Å². The molecule has 0 aromatic carbocycles. The van der Waals surface area contributed by atoms with Gasteiger partial charge in [-0.3, -0.25) is 37.3 Å². The quantitative estimate of drug-likeness (QED) is 0.0222. The number of phosphoric ester groups is 2. The lowest BCUT2D eigenvalue weighted by molar-refractivity contribution is -0.161. The van der Waals surface area contributed by atoms with E-state index in [2.05, 4.69) is 55.4 Å². The van der Waals surface area contributed by atoms with Gasteiger partial charge in [0.1, 0.15) is 19.3 Å². The molecule has 87 heavy (non-hydrogen) atoms. The zero-order valence-electron chi connectivity index (χ0n) is 56.6. The average molecular weight is 1280 g/mol. The molecule has 0 heterocycles. The molecule has 0 amide bonds. The van der Waals surface area contributed by atoms with Crippen molar-refractivity contribution >= 4 is 39.5 Å². The molecule has 0 rings (SSSR count). The summed E-state index contributed by atoms with van der Waals surface area (Å²) in [7, 11) is -9.90. The van der Waals surface area contributed by atoms with Crippen molar-refractivity contribution < 1.29 is 80.2 Å². The maximum atomic E-state index is 13.0. The molecule has 17 nitrogen and oxygen atoms in total. The zero-order chi connectivity index (χ0) is 64.7. The van der Waals surface area contributed by atoms with Crippen LogP contribution in [0.5, 0.6) is 0 Å². The Morgan fingerprint density at radius 3 is 0.713 bits per heavy atom. The highest BCUT2D eigenvalue weighted by Gasteiger charge is 2.30. The molecule has 0 aliphatic heterocycles. The summed E-state index contributed by atoms with van der Waals surface area (Å²) in [6, 6.07) is 0. The van der Waals surface area contributed by atoms with Gasteiger partial charge in [-0.05, 0) is 49.4 Å². The van der Waals surface area contributed by atoms with Crippen molar-refractivity contribution in [1.82, 2.24) is 0 Å². The van der Waals surface area contributed by atoms with E-state index in [0.717, 1.165) is 114 Å². The Hall–Kier alpha value is -1.94. The standard InChI is InChI=1S/C68H132O17P2/c1-58(2)44-36-28-20-14-12-10-9-11-13-15-24-34-42-50-67(72)84-64(55-79-66(71)49-41-33-27-26-31-39-47-61(7)8)57-83-87(76,77)81-53-62(69)52-80-86(74,75)82-56-63(85-68(73)51-43-35-25-19-17-22-30-38-46-60(5)6)54-78-65(70)48-40-32-23-18-16-21-29-37-45-59(3)4/h58-64,69H,9-57H2,1-8H3,(H,74,75)(H,76,77)/t62-,63-,64-/m1/s1. The second-order valence-electron chi connectivity index (χ2n) is 26.5. The molecule has 0 saturated carbocycles. The smallest absolute Gasteiger partial charge is 0.462 e. The SMILES string of the molecule is CC(C)CCCCCCCCCCCCCCCC(=O)O[C@H](COC(=O)CCCCCCCCC(C)C)COP(=O)(O)OC[C@H](O)COP(=O)(O)OC[C@@H](COC(=O)CCCCCCCCCCC(C)C)OC(=O)CCCCCCCCCCC(C)C. The first-order valence-electron chi connectivity index (χ1n) is 35.2. The van der Waals surface area contributed by atoms with Crippen LogP contribution in [0.15, 0.2) is 0 Å². The van der Waals surface area contributed by atoms with Crippen LogP contribution < -0.4 is 0 Å². The van der Waals surface area contributed by atoms with Crippen molar-refractivity contribution in [2.45, 2.75) is 350 Å². The van der Waals surface area contributed by atoms with Crippen molar-refractivity contribution in [2.24, 2.45) is 23.7 Å². The van der Waals surface area contributed by atoms with Crippen LogP contribution in [0.3, 0.4) is 0 Å². The van der Waals surface area contributed by atoms with Gasteiger partial charge < -0.3 is 33.8 Å². The Labute approximate surface area is 530 Å². The number of aliphatic hydroxyl groups excluding tert-OH is 1. The number of hydrogen-bond donors (Lipinski definition) is 3. The second-order valence-corrected chi connectivity index (χ2v) is 29.4. The number of carbonyl (C=O) groups excluding carboxylic acids is 4. The van der Waals surface area contributed by atoms with Crippen LogP contribution in [0.4, 0.5) is 0 Å². The average Bonchev–Trinajstić information content (AvgIpc) is 3.61. The summed E-state index contributed by atoms with van der Waals surface area (Å²) in [5.74, 6) is 0.775. The molecule has 0 bridgehead atoms. The number of esters is 4. The van der Waals surface area contributed by atoms with Crippen LogP contribution in [0.2, 0.25) is 0 Å². The second kappa shape index (κ2) is 57.9. The van der Waals surface area contributed by atoms with E-state index in [0.29, 0.717) is 31.6 Å². The molecule has 0 fully saturated rings. The lowest BCUT2D eigenvalue weighted by Crippen LogP contribution is -2.30. The molecule has 2 unspecified atom stereocenters. The molecule has 19 heteroatoms. The predicted octanol–water partition coefficient (Wildman–Crippen LogP) is 18.9. The van der Waals surface area contributed by atoms with Crippen molar-refractivity contribution in [3.63, 3.8) is 0 Å². The summed E-state index contributed by atoms with van der Waals surface area (Å²) in [6.45, 7) is 14.0. The Morgan fingerprint density at radius 2 is 0.483 bits per heavy atom. The van der Waals surface area contributed by atoms with Gasteiger partial charge in [-0.1, -0.05) is 280 Å². The van der Waals surface area contributed by atoms with E-state index < -0.39 is 97.5 Å². The van der Waals surface area contributed by atoms with E-state index in [1.165, 1.54) is 128 Å². The van der Waals surface area contributed by atoms with Gasteiger partial charge in [0.05, 0.1) is 26.4 Å². The van der Waals surface area contributed by atoms with Gasteiger partial charge in [0.25, 0.3) is 0 Å². The molecule has 5 atom stereocenters. The van der Waals surface area contributed by atoms with Gasteiger partial charge in [-0.2, -0.15) is 0 Å². The van der Waals surface area contributed by atoms with Crippen LogP contribution in [0, 0.1) is 23.7 Å². The minimum atomic E-state index is -4.95. The molecule has 516 valence electrons. The molecule has 3 N–H and O–H groups in total. The molecule has 0 aliphatic carbocycles. The lowest BCUT2D eigenvalue weighted by atomic mass is 10.0. The molecule has 0 spiro atoms. The highest BCUT2D eigenvalue weighted by atomic mass is 31.2. The highest BCUT2D eigenvalue weighted by molar-refractivity contribution is 7.47. The van der Waals surface area contributed by atoms with Gasteiger partial charge in [-0.15, -0.1) is 0 Å². The number of unbranched alkanes of at least 4 members (excludes halogenated alkanes) is 31. The van der Waals surface area contributed by atoms with Gasteiger partial charge >= 0.3 is 39.5 Å². The van der Waals surface area contributed by atoms with E-state index in [9.17, 15) is 43.2 Å². The first-order valence-corrected chi connectivity index (χ1v) is 38.2. The van der Waals surface area contributed by atoms with Gasteiger partial charge in [0.15, 0.2) is 12.2 Å². The maximum Gasteiger partial charge on any atom is 0.472 e. The Bertz CT molecular complexity index is 1730. The van der Waals surface area contributed by atoms with Crippen LogP contribution in [0.1, 0.15) is 331 Å². The number of phosphoric acid groups is 2.